The standard InChI is InChI=1S/C21H29N7.HI/c1-15(11-20-16(2)26-27(5)17(20)3)25-21(22-4)23-12-18-13-24-28(14-18)19-9-7-6-8-10-19;/h6-10,13-15H,11-12H2,1-5H3,(H2,22,23,25);1H. The predicted octanol–water partition coefficient (Wildman–Crippen LogP) is 3.14. The molecule has 0 bridgehead atoms. The molecule has 7 nitrogen and oxygen atoms in total. The van der Waals surface area contributed by atoms with Gasteiger partial charge in [-0.25, -0.2) is 4.68 Å². The second kappa shape index (κ2) is 10.4. The van der Waals surface area contributed by atoms with Gasteiger partial charge >= 0.3 is 0 Å². The number of rotatable bonds is 6. The first kappa shape index (κ1) is 22.9. The number of aromatic nitrogens is 4. The van der Waals surface area contributed by atoms with E-state index in [-0.39, 0.29) is 30.0 Å². The quantitative estimate of drug-likeness (QED) is 0.306. The van der Waals surface area contributed by atoms with E-state index in [2.05, 4.69) is 46.6 Å². The van der Waals surface area contributed by atoms with Gasteiger partial charge in [0.15, 0.2) is 5.96 Å². The number of nitrogens with one attached hydrogen (secondary N) is 2. The van der Waals surface area contributed by atoms with Crippen LogP contribution < -0.4 is 10.6 Å². The van der Waals surface area contributed by atoms with Crippen molar-refractivity contribution in [2.45, 2.75) is 39.8 Å². The molecular formula is C21H30IN7. The Balaban J connectivity index is 0.00000300. The third-order valence-corrected chi connectivity index (χ3v) is 4.89. The van der Waals surface area contributed by atoms with Crippen LogP contribution in [0.1, 0.15) is 29.4 Å². The van der Waals surface area contributed by atoms with Gasteiger partial charge in [0.05, 0.1) is 17.6 Å². The van der Waals surface area contributed by atoms with E-state index in [0.717, 1.165) is 29.3 Å². The average molecular weight is 507 g/mol. The van der Waals surface area contributed by atoms with Crippen molar-refractivity contribution in [1.29, 1.82) is 0 Å². The van der Waals surface area contributed by atoms with Crippen LogP contribution in [0.4, 0.5) is 0 Å². The molecular weight excluding hydrogens is 477 g/mol. The van der Waals surface area contributed by atoms with E-state index >= 15 is 0 Å². The van der Waals surface area contributed by atoms with Crippen LogP contribution in [-0.4, -0.2) is 38.6 Å². The second-order valence-electron chi connectivity index (χ2n) is 7.08. The van der Waals surface area contributed by atoms with Crippen LogP contribution in [0.3, 0.4) is 0 Å². The van der Waals surface area contributed by atoms with Gasteiger partial charge in [0.2, 0.25) is 0 Å². The van der Waals surface area contributed by atoms with Crippen molar-refractivity contribution < 1.29 is 0 Å². The molecule has 156 valence electrons. The molecule has 2 heterocycles. The number of halogens is 1. The largest absolute Gasteiger partial charge is 0.354 e. The van der Waals surface area contributed by atoms with Gasteiger partial charge in [-0.1, -0.05) is 18.2 Å². The highest BCUT2D eigenvalue weighted by Gasteiger charge is 2.14. The maximum atomic E-state index is 4.50. The molecule has 0 fully saturated rings. The first-order valence-corrected chi connectivity index (χ1v) is 9.53. The molecule has 0 aliphatic heterocycles. The van der Waals surface area contributed by atoms with Crippen molar-refractivity contribution in [2.75, 3.05) is 7.05 Å². The fourth-order valence-corrected chi connectivity index (χ4v) is 3.26. The van der Waals surface area contributed by atoms with Crippen LogP contribution in [0.15, 0.2) is 47.7 Å². The molecule has 0 aliphatic rings. The molecule has 2 aromatic heterocycles. The van der Waals surface area contributed by atoms with Crippen molar-refractivity contribution in [1.82, 2.24) is 30.2 Å². The van der Waals surface area contributed by atoms with Crippen molar-refractivity contribution in [3.63, 3.8) is 0 Å². The SMILES string of the molecule is CN=C(NCc1cnn(-c2ccccc2)c1)NC(C)Cc1c(C)nn(C)c1C.I. The molecule has 1 aromatic carbocycles. The third kappa shape index (κ3) is 5.81. The van der Waals surface area contributed by atoms with Gasteiger partial charge in [0.25, 0.3) is 0 Å². The lowest BCUT2D eigenvalue weighted by atomic mass is 10.1. The van der Waals surface area contributed by atoms with Crippen LogP contribution in [0.25, 0.3) is 5.69 Å². The van der Waals surface area contributed by atoms with Crippen molar-refractivity contribution in [3.05, 3.63) is 65.2 Å². The number of hydrogen-bond acceptors (Lipinski definition) is 3. The predicted molar refractivity (Wildman–Crippen MR) is 128 cm³/mol. The zero-order valence-electron chi connectivity index (χ0n) is 17.7. The smallest absolute Gasteiger partial charge is 0.191 e. The summed E-state index contributed by atoms with van der Waals surface area (Å²) in [6.07, 6.45) is 4.80. The highest BCUT2D eigenvalue weighted by Crippen LogP contribution is 2.14. The summed E-state index contributed by atoms with van der Waals surface area (Å²) in [5, 5.41) is 15.8. The van der Waals surface area contributed by atoms with Gasteiger partial charge in [-0.05, 0) is 44.9 Å². The van der Waals surface area contributed by atoms with Gasteiger partial charge in [-0.2, -0.15) is 10.2 Å². The monoisotopic (exact) mass is 507 g/mol. The lowest BCUT2D eigenvalue weighted by molar-refractivity contribution is 0.635. The molecule has 0 spiro atoms. The van der Waals surface area contributed by atoms with Crippen molar-refractivity contribution in [2.24, 2.45) is 12.0 Å². The first-order chi connectivity index (χ1) is 13.5. The van der Waals surface area contributed by atoms with E-state index in [1.807, 2.05) is 59.1 Å². The summed E-state index contributed by atoms with van der Waals surface area (Å²) in [5.41, 5.74) is 5.74. The highest BCUT2D eigenvalue weighted by molar-refractivity contribution is 14.0. The molecule has 0 saturated carbocycles. The fourth-order valence-electron chi connectivity index (χ4n) is 3.26. The Bertz CT molecular complexity index is 943. The molecule has 0 saturated heterocycles. The van der Waals surface area contributed by atoms with E-state index in [9.17, 15) is 0 Å². The lowest BCUT2D eigenvalue weighted by Crippen LogP contribution is -2.42. The third-order valence-electron chi connectivity index (χ3n) is 4.89. The summed E-state index contributed by atoms with van der Waals surface area (Å²) < 4.78 is 3.82. The molecule has 0 amide bonds. The zero-order chi connectivity index (χ0) is 20.1. The van der Waals surface area contributed by atoms with E-state index < -0.39 is 0 Å². The Morgan fingerprint density at radius 3 is 2.55 bits per heavy atom. The van der Waals surface area contributed by atoms with E-state index in [4.69, 9.17) is 0 Å². The van der Waals surface area contributed by atoms with Gasteiger partial charge in [0, 0.05) is 44.1 Å². The minimum Gasteiger partial charge on any atom is -0.354 e. The summed E-state index contributed by atoms with van der Waals surface area (Å²) in [6, 6.07) is 10.3. The van der Waals surface area contributed by atoms with E-state index in [0.29, 0.717) is 6.54 Å². The molecule has 1 atom stereocenters. The summed E-state index contributed by atoms with van der Waals surface area (Å²) in [7, 11) is 3.77. The number of para-hydroxylation sites is 1. The number of aliphatic imine (C=N–C) groups is 1. The maximum Gasteiger partial charge on any atom is 0.191 e. The minimum atomic E-state index is 0. The molecule has 2 N–H and O–H groups in total. The van der Waals surface area contributed by atoms with Gasteiger partial charge in [0.1, 0.15) is 0 Å². The molecule has 29 heavy (non-hydrogen) atoms. The Morgan fingerprint density at radius 2 is 1.93 bits per heavy atom. The number of benzene rings is 1. The Morgan fingerprint density at radius 1 is 1.21 bits per heavy atom. The van der Waals surface area contributed by atoms with E-state index in [1.165, 1.54) is 11.3 Å². The fraction of sp³-hybridized carbons (Fsp3) is 0.381. The number of nitrogens with zero attached hydrogens (tertiary/aromatic N) is 5. The minimum absolute atomic E-state index is 0. The summed E-state index contributed by atoms with van der Waals surface area (Å²) >= 11 is 0. The van der Waals surface area contributed by atoms with Gasteiger partial charge < -0.3 is 10.6 Å². The molecule has 0 radical (unpaired) electrons. The summed E-state index contributed by atoms with van der Waals surface area (Å²) in [5.74, 6) is 0.777. The van der Waals surface area contributed by atoms with Crippen LogP contribution in [-0.2, 0) is 20.0 Å². The first-order valence-electron chi connectivity index (χ1n) is 9.53. The van der Waals surface area contributed by atoms with Gasteiger partial charge in [-0.15, -0.1) is 24.0 Å². The maximum absolute atomic E-state index is 4.50. The van der Waals surface area contributed by atoms with Crippen molar-refractivity contribution >= 4 is 29.9 Å². The topological polar surface area (TPSA) is 72.1 Å². The normalized spacial score (nSPS) is 12.4. The van der Waals surface area contributed by atoms with Crippen LogP contribution in [0.5, 0.6) is 0 Å². The molecule has 3 aromatic rings. The van der Waals surface area contributed by atoms with Crippen LogP contribution in [0.2, 0.25) is 0 Å². The zero-order valence-corrected chi connectivity index (χ0v) is 20.0. The number of aryl methyl sites for hydroxylation is 2. The molecule has 8 heteroatoms. The molecule has 3 rings (SSSR count). The van der Waals surface area contributed by atoms with Crippen LogP contribution in [0, 0.1) is 13.8 Å². The number of hydrogen-bond donors (Lipinski definition) is 2. The lowest BCUT2D eigenvalue weighted by Gasteiger charge is -2.18. The Labute approximate surface area is 189 Å². The average Bonchev–Trinajstić information content (AvgIpc) is 3.26. The number of guanidine groups is 1. The second-order valence-corrected chi connectivity index (χ2v) is 7.08. The Kier molecular flexibility index (Phi) is 8.24. The van der Waals surface area contributed by atoms with Crippen molar-refractivity contribution in [3.8, 4) is 5.69 Å². The molecule has 1 unspecified atom stereocenters. The van der Waals surface area contributed by atoms with Gasteiger partial charge in [-0.3, -0.25) is 9.67 Å². The summed E-state index contributed by atoms with van der Waals surface area (Å²) in [6.45, 7) is 6.99. The molecule has 0 aliphatic carbocycles. The Hall–Kier alpha value is -2.36. The summed E-state index contributed by atoms with van der Waals surface area (Å²) in [4.78, 5) is 4.35. The highest BCUT2D eigenvalue weighted by atomic mass is 127. The van der Waals surface area contributed by atoms with E-state index in [1.54, 1.807) is 7.05 Å². The van der Waals surface area contributed by atoms with Crippen LogP contribution >= 0.6 is 24.0 Å².